The molecular weight excluding hydrogens is 228 g/mol. The second kappa shape index (κ2) is 7.31. The summed E-state index contributed by atoms with van der Waals surface area (Å²) in [4.78, 5) is 12.2. The van der Waals surface area contributed by atoms with Crippen LogP contribution in [0.5, 0.6) is 0 Å². The van der Waals surface area contributed by atoms with E-state index in [0.29, 0.717) is 13.0 Å². The van der Waals surface area contributed by atoms with Crippen LogP contribution in [0.4, 0.5) is 0 Å². The number of aryl methyl sites for hydroxylation is 2. The molecule has 0 aliphatic carbocycles. The van der Waals surface area contributed by atoms with Crippen molar-refractivity contribution >= 4 is 5.78 Å². The number of Topliss-reactive ketones (excluding diaryl/α,β-unsaturated/α-hetero) is 1. The maximum atomic E-state index is 12.2. The molecule has 1 rings (SSSR count). The van der Waals surface area contributed by atoms with Gasteiger partial charge in [0.05, 0.1) is 12.1 Å². The van der Waals surface area contributed by atoms with Gasteiger partial charge in [-0.3, -0.25) is 9.48 Å². The third-order valence-corrected chi connectivity index (χ3v) is 3.02. The molecule has 4 heteroatoms. The van der Waals surface area contributed by atoms with Crippen molar-refractivity contribution < 1.29 is 9.53 Å². The quantitative estimate of drug-likeness (QED) is 0.713. The van der Waals surface area contributed by atoms with Crippen LogP contribution in [0.2, 0.25) is 0 Å². The minimum atomic E-state index is -0.264. The molecule has 0 spiro atoms. The number of nitrogens with zero attached hydrogens (tertiary/aromatic N) is 2. The number of ketones is 1. The number of hydrogen-bond acceptors (Lipinski definition) is 3. The Hall–Kier alpha value is -1.16. The van der Waals surface area contributed by atoms with Gasteiger partial charge in [0.25, 0.3) is 0 Å². The van der Waals surface area contributed by atoms with Crippen molar-refractivity contribution in [3.63, 3.8) is 0 Å². The maximum Gasteiger partial charge on any atom is 0.167 e. The van der Waals surface area contributed by atoms with Crippen molar-refractivity contribution in [3.05, 3.63) is 17.5 Å². The molecule has 1 unspecified atom stereocenters. The first kappa shape index (κ1) is 14.9. The molecule has 1 atom stereocenters. The third kappa shape index (κ3) is 3.95. The molecule has 0 saturated carbocycles. The van der Waals surface area contributed by atoms with Crippen LogP contribution in [0, 0.1) is 0 Å². The lowest BCUT2D eigenvalue weighted by Gasteiger charge is -2.14. The Morgan fingerprint density at radius 1 is 1.44 bits per heavy atom. The Morgan fingerprint density at radius 2 is 2.17 bits per heavy atom. The van der Waals surface area contributed by atoms with Crippen molar-refractivity contribution in [1.29, 1.82) is 0 Å². The third-order valence-electron chi connectivity index (χ3n) is 3.02. The molecule has 0 aromatic carbocycles. The fraction of sp³-hybridized carbons (Fsp3) is 0.714. The Bertz CT molecular complexity index is 379. The Morgan fingerprint density at radius 3 is 2.67 bits per heavy atom. The lowest BCUT2D eigenvalue weighted by atomic mass is 10.1. The minimum Gasteiger partial charge on any atom is -0.371 e. The largest absolute Gasteiger partial charge is 0.371 e. The molecule has 0 fully saturated rings. The first-order chi connectivity index (χ1) is 8.62. The fourth-order valence-electron chi connectivity index (χ4n) is 2.00. The smallest absolute Gasteiger partial charge is 0.167 e. The van der Waals surface area contributed by atoms with Gasteiger partial charge >= 0.3 is 0 Å². The lowest BCUT2D eigenvalue weighted by molar-refractivity contribution is -0.130. The molecule has 0 radical (unpaired) electrons. The van der Waals surface area contributed by atoms with Crippen LogP contribution in [0.3, 0.4) is 0 Å². The molecular formula is C14H24N2O2. The Labute approximate surface area is 109 Å². The average Bonchev–Trinajstić information content (AvgIpc) is 2.70. The molecule has 18 heavy (non-hydrogen) atoms. The van der Waals surface area contributed by atoms with Gasteiger partial charge < -0.3 is 4.74 Å². The summed E-state index contributed by atoms with van der Waals surface area (Å²) in [5.74, 6) is 0.157. The summed E-state index contributed by atoms with van der Waals surface area (Å²) in [7, 11) is 1.89. The normalized spacial score (nSPS) is 12.7. The number of carbonyl (C=O) groups excluding carboxylic acids is 1. The average molecular weight is 252 g/mol. The molecule has 0 amide bonds. The molecule has 0 aliphatic heterocycles. The van der Waals surface area contributed by atoms with Gasteiger partial charge in [0.2, 0.25) is 0 Å². The zero-order valence-electron chi connectivity index (χ0n) is 11.9. The molecule has 0 saturated heterocycles. The van der Waals surface area contributed by atoms with E-state index < -0.39 is 0 Å². The second-order valence-corrected chi connectivity index (χ2v) is 4.48. The van der Waals surface area contributed by atoms with Crippen LogP contribution in [-0.2, 0) is 29.4 Å². The summed E-state index contributed by atoms with van der Waals surface area (Å²) < 4.78 is 7.31. The summed E-state index contributed by atoms with van der Waals surface area (Å²) in [5, 5.41) is 4.36. The van der Waals surface area contributed by atoms with Crippen LogP contribution in [-0.4, -0.2) is 28.3 Å². The first-order valence-corrected chi connectivity index (χ1v) is 6.78. The molecule has 4 nitrogen and oxygen atoms in total. The molecule has 102 valence electrons. The van der Waals surface area contributed by atoms with Crippen molar-refractivity contribution in [2.75, 3.05) is 6.61 Å². The monoisotopic (exact) mass is 252 g/mol. The Balaban J connectivity index is 2.68. The van der Waals surface area contributed by atoms with Gasteiger partial charge in [-0.2, -0.15) is 5.10 Å². The van der Waals surface area contributed by atoms with E-state index in [1.165, 1.54) is 0 Å². The van der Waals surface area contributed by atoms with E-state index in [9.17, 15) is 4.79 Å². The fourth-order valence-corrected chi connectivity index (χ4v) is 2.00. The minimum absolute atomic E-state index is 0.157. The SMILES string of the molecule is CCCC(OCC)C(=O)Cc1cc(CC)nn1C. The number of ether oxygens (including phenoxy) is 1. The zero-order chi connectivity index (χ0) is 13.5. The van der Waals surface area contributed by atoms with Gasteiger partial charge in [-0.05, 0) is 25.8 Å². The predicted molar refractivity (Wildman–Crippen MR) is 71.6 cm³/mol. The molecule has 1 aromatic heterocycles. The standard InChI is InChI=1S/C14H24N2O2/c1-5-8-14(18-7-3)13(17)10-12-9-11(6-2)15-16(12)4/h9,14H,5-8,10H2,1-4H3. The number of hydrogen-bond donors (Lipinski definition) is 0. The zero-order valence-corrected chi connectivity index (χ0v) is 11.9. The van der Waals surface area contributed by atoms with Crippen LogP contribution in [0.1, 0.15) is 45.0 Å². The summed E-state index contributed by atoms with van der Waals surface area (Å²) >= 11 is 0. The summed E-state index contributed by atoms with van der Waals surface area (Å²) in [6.07, 6.45) is 2.80. The van der Waals surface area contributed by atoms with E-state index in [0.717, 1.165) is 30.7 Å². The van der Waals surface area contributed by atoms with Gasteiger partial charge in [-0.1, -0.05) is 20.3 Å². The van der Waals surface area contributed by atoms with Crippen molar-refractivity contribution in [1.82, 2.24) is 9.78 Å². The van der Waals surface area contributed by atoms with E-state index >= 15 is 0 Å². The lowest BCUT2D eigenvalue weighted by Crippen LogP contribution is -2.26. The first-order valence-electron chi connectivity index (χ1n) is 6.78. The van der Waals surface area contributed by atoms with Gasteiger partial charge in [-0.15, -0.1) is 0 Å². The Kier molecular flexibility index (Phi) is 6.05. The molecule has 0 bridgehead atoms. The van der Waals surface area contributed by atoms with Crippen LogP contribution < -0.4 is 0 Å². The van der Waals surface area contributed by atoms with Crippen LogP contribution in [0.25, 0.3) is 0 Å². The second-order valence-electron chi connectivity index (χ2n) is 4.48. The van der Waals surface area contributed by atoms with E-state index in [1.54, 1.807) is 4.68 Å². The molecule has 1 aromatic rings. The van der Waals surface area contributed by atoms with Crippen molar-refractivity contribution in [2.24, 2.45) is 7.05 Å². The van der Waals surface area contributed by atoms with E-state index in [1.807, 2.05) is 20.0 Å². The van der Waals surface area contributed by atoms with Crippen LogP contribution >= 0.6 is 0 Å². The van der Waals surface area contributed by atoms with Gasteiger partial charge in [0.15, 0.2) is 5.78 Å². The highest BCUT2D eigenvalue weighted by Gasteiger charge is 2.19. The van der Waals surface area contributed by atoms with Gasteiger partial charge in [0.1, 0.15) is 6.10 Å². The number of carbonyl (C=O) groups is 1. The topological polar surface area (TPSA) is 44.1 Å². The van der Waals surface area contributed by atoms with Gasteiger partial charge in [0, 0.05) is 19.3 Å². The number of aromatic nitrogens is 2. The molecule has 1 heterocycles. The highest BCUT2D eigenvalue weighted by molar-refractivity contribution is 5.84. The summed E-state index contributed by atoms with van der Waals surface area (Å²) in [6.45, 7) is 6.64. The van der Waals surface area contributed by atoms with Crippen LogP contribution in [0.15, 0.2) is 6.07 Å². The molecule has 0 N–H and O–H groups in total. The maximum absolute atomic E-state index is 12.2. The van der Waals surface area contributed by atoms with E-state index in [2.05, 4.69) is 18.9 Å². The van der Waals surface area contributed by atoms with Crippen molar-refractivity contribution in [3.8, 4) is 0 Å². The van der Waals surface area contributed by atoms with Crippen molar-refractivity contribution in [2.45, 2.75) is 52.6 Å². The summed E-state index contributed by atoms with van der Waals surface area (Å²) in [6, 6.07) is 2.01. The van der Waals surface area contributed by atoms with Gasteiger partial charge in [-0.25, -0.2) is 0 Å². The number of rotatable bonds is 8. The predicted octanol–water partition coefficient (Wildman–Crippen LogP) is 2.30. The highest BCUT2D eigenvalue weighted by atomic mass is 16.5. The molecule has 0 aliphatic rings. The highest BCUT2D eigenvalue weighted by Crippen LogP contribution is 2.10. The van der Waals surface area contributed by atoms with E-state index in [-0.39, 0.29) is 11.9 Å². The summed E-state index contributed by atoms with van der Waals surface area (Å²) in [5.41, 5.74) is 2.00. The van der Waals surface area contributed by atoms with E-state index in [4.69, 9.17) is 4.74 Å².